The predicted octanol–water partition coefficient (Wildman–Crippen LogP) is 3.71. The van der Waals surface area contributed by atoms with Crippen LogP contribution in [-0.4, -0.2) is 54.3 Å². The molecule has 37 heavy (non-hydrogen) atoms. The Kier molecular flexibility index (Phi) is 9.49. The van der Waals surface area contributed by atoms with E-state index in [1.54, 1.807) is 6.92 Å². The lowest BCUT2D eigenvalue weighted by molar-refractivity contribution is -0.174. The van der Waals surface area contributed by atoms with Crippen LogP contribution in [0.25, 0.3) is 0 Å². The zero-order chi connectivity index (χ0) is 27.2. The van der Waals surface area contributed by atoms with E-state index in [9.17, 15) is 36.3 Å². The summed E-state index contributed by atoms with van der Waals surface area (Å²) in [5.74, 6) is -7.44. The highest BCUT2D eigenvalue weighted by atomic mass is 19.3. The van der Waals surface area contributed by atoms with Crippen LogP contribution >= 0.6 is 0 Å². The number of halogens is 5. The Morgan fingerprint density at radius 3 is 2.24 bits per heavy atom. The van der Waals surface area contributed by atoms with Crippen molar-refractivity contribution in [2.45, 2.75) is 88.4 Å². The van der Waals surface area contributed by atoms with Gasteiger partial charge in [0.1, 0.15) is 18.1 Å². The molecule has 0 bridgehead atoms. The van der Waals surface area contributed by atoms with Gasteiger partial charge in [-0.3, -0.25) is 19.7 Å². The molecule has 0 spiro atoms. The van der Waals surface area contributed by atoms with Crippen LogP contribution in [0.3, 0.4) is 0 Å². The Bertz CT molecular complexity index is 952. The summed E-state index contributed by atoms with van der Waals surface area (Å²) < 4.78 is 75.7. The minimum absolute atomic E-state index is 0.0671. The number of alkyl halides is 4. The molecule has 3 N–H and O–H groups in total. The molecule has 2 fully saturated rings. The summed E-state index contributed by atoms with van der Waals surface area (Å²) in [4.78, 5) is 37.7. The Hall–Kier alpha value is -2.76. The van der Waals surface area contributed by atoms with E-state index in [0.29, 0.717) is 19.3 Å². The fraction of sp³-hybridized carbons (Fsp3) is 0.640. The quantitative estimate of drug-likeness (QED) is 0.222. The van der Waals surface area contributed by atoms with E-state index < -0.39 is 66.9 Å². The SMILES string of the molecule is CCCC(NC(=O)C(CC(F)(F)CC1CC1)NCC(F)(F)Oc1ccc(F)cc1)C(=O)C(=O)NC1CC1. The number of rotatable bonds is 16. The van der Waals surface area contributed by atoms with Gasteiger partial charge in [-0.25, -0.2) is 13.2 Å². The predicted molar refractivity (Wildman–Crippen MR) is 124 cm³/mol. The Labute approximate surface area is 211 Å². The number of ether oxygens (including phenoxy) is 1. The lowest BCUT2D eigenvalue weighted by atomic mass is 10.0. The van der Waals surface area contributed by atoms with Gasteiger partial charge in [0, 0.05) is 18.9 Å². The van der Waals surface area contributed by atoms with E-state index in [-0.39, 0.29) is 24.1 Å². The van der Waals surface area contributed by atoms with E-state index in [1.807, 2.05) is 0 Å². The van der Waals surface area contributed by atoms with E-state index in [0.717, 1.165) is 37.1 Å². The maximum atomic E-state index is 14.6. The van der Waals surface area contributed by atoms with Crippen LogP contribution in [0.4, 0.5) is 22.0 Å². The molecule has 1 aromatic rings. The van der Waals surface area contributed by atoms with Crippen molar-refractivity contribution in [3.8, 4) is 5.75 Å². The number of carbonyl (C=O) groups excluding carboxylic acids is 3. The van der Waals surface area contributed by atoms with Crippen molar-refractivity contribution in [3.63, 3.8) is 0 Å². The molecular weight excluding hydrogens is 501 g/mol. The highest BCUT2D eigenvalue weighted by molar-refractivity contribution is 6.38. The summed E-state index contributed by atoms with van der Waals surface area (Å²) in [6, 6.07) is 0.600. The molecule has 2 aliphatic rings. The Balaban J connectivity index is 1.67. The van der Waals surface area contributed by atoms with Crippen molar-refractivity contribution < 1.29 is 41.1 Å². The van der Waals surface area contributed by atoms with Gasteiger partial charge in [0.15, 0.2) is 0 Å². The molecule has 12 heteroatoms. The molecule has 2 saturated carbocycles. The van der Waals surface area contributed by atoms with Gasteiger partial charge < -0.3 is 15.4 Å². The standard InChI is InChI=1S/C25H32F5N3O4/c1-2-3-19(21(34)23(36)32-17-8-9-17)33-22(35)20(13-24(27,28)12-15-4-5-15)31-14-25(29,30)37-18-10-6-16(26)7-11-18/h6-7,10-11,15,17,19-20,31H,2-5,8-9,12-14H2,1H3,(H,32,36)(H,33,35). The number of hydrogen-bond donors (Lipinski definition) is 3. The molecule has 7 nitrogen and oxygen atoms in total. The van der Waals surface area contributed by atoms with Crippen molar-refractivity contribution in [2.75, 3.05) is 6.54 Å². The molecule has 2 unspecified atom stereocenters. The summed E-state index contributed by atoms with van der Waals surface area (Å²) in [6.45, 7) is 0.397. The van der Waals surface area contributed by atoms with E-state index in [1.165, 1.54) is 0 Å². The van der Waals surface area contributed by atoms with Crippen molar-refractivity contribution in [1.82, 2.24) is 16.0 Å². The van der Waals surface area contributed by atoms with Crippen molar-refractivity contribution in [1.29, 1.82) is 0 Å². The average Bonchev–Trinajstić information content (AvgIpc) is 3.75. The molecular formula is C25H32F5N3O4. The highest BCUT2D eigenvalue weighted by Gasteiger charge is 2.43. The van der Waals surface area contributed by atoms with Crippen LogP contribution < -0.4 is 20.7 Å². The highest BCUT2D eigenvalue weighted by Crippen LogP contribution is 2.41. The summed E-state index contributed by atoms with van der Waals surface area (Å²) in [5, 5.41) is 6.97. The first-order valence-electron chi connectivity index (χ1n) is 12.5. The Morgan fingerprint density at radius 2 is 1.68 bits per heavy atom. The molecule has 0 aromatic heterocycles. The van der Waals surface area contributed by atoms with Gasteiger partial charge in [-0.05, 0) is 62.3 Å². The molecule has 0 radical (unpaired) electrons. The molecule has 3 rings (SSSR count). The first-order chi connectivity index (χ1) is 17.4. The van der Waals surface area contributed by atoms with E-state index in [4.69, 9.17) is 0 Å². The lowest BCUT2D eigenvalue weighted by Gasteiger charge is -2.27. The zero-order valence-corrected chi connectivity index (χ0v) is 20.5. The maximum Gasteiger partial charge on any atom is 0.410 e. The van der Waals surface area contributed by atoms with Gasteiger partial charge >= 0.3 is 6.11 Å². The van der Waals surface area contributed by atoms with Gasteiger partial charge in [-0.2, -0.15) is 8.78 Å². The minimum atomic E-state index is -3.93. The summed E-state index contributed by atoms with van der Waals surface area (Å²) in [6.07, 6.45) is -2.29. The molecule has 0 saturated heterocycles. The fourth-order valence-electron chi connectivity index (χ4n) is 3.81. The minimum Gasteiger partial charge on any atom is -0.432 e. The van der Waals surface area contributed by atoms with Gasteiger partial charge in [-0.15, -0.1) is 0 Å². The first-order valence-corrected chi connectivity index (χ1v) is 12.5. The largest absolute Gasteiger partial charge is 0.432 e. The lowest BCUT2D eigenvalue weighted by Crippen LogP contribution is -2.56. The zero-order valence-electron chi connectivity index (χ0n) is 20.5. The first kappa shape index (κ1) is 28.8. The number of amides is 2. The third-order valence-electron chi connectivity index (χ3n) is 6.09. The van der Waals surface area contributed by atoms with Crippen LogP contribution in [0.5, 0.6) is 5.75 Å². The number of ketones is 1. The van der Waals surface area contributed by atoms with Gasteiger partial charge in [0.25, 0.3) is 5.91 Å². The van der Waals surface area contributed by atoms with Crippen molar-refractivity contribution in [2.24, 2.45) is 5.92 Å². The topological polar surface area (TPSA) is 96.5 Å². The number of Topliss-reactive ketones (excluding diaryl/α,β-unsaturated/α-hetero) is 1. The van der Waals surface area contributed by atoms with Crippen LogP contribution in [0.1, 0.15) is 58.3 Å². The molecule has 0 aliphatic heterocycles. The Morgan fingerprint density at radius 1 is 1.03 bits per heavy atom. The second-order valence-electron chi connectivity index (χ2n) is 9.80. The number of carbonyl (C=O) groups is 3. The molecule has 1 aromatic carbocycles. The molecule has 2 atom stereocenters. The van der Waals surface area contributed by atoms with Crippen LogP contribution in [0, 0.1) is 11.7 Å². The van der Waals surface area contributed by atoms with Gasteiger partial charge in [0.2, 0.25) is 17.6 Å². The second kappa shape index (κ2) is 12.2. The monoisotopic (exact) mass is 533 g/mol. The molecule has 2 amide bonds. The van der Waals surface area contributed by atoms with Crippen molar-refractivity contribution in [3.05, 3.63) is 30.1 Å². The maximum absolute atomic E-state index is 14.6. The third kappa shape index (κ3) is 9.90. The van der Waals surface area contributed by atoms with Crippen LogP contribution in [0.2, 0.25) is 0 Å². The molecule has 206 valence electrons. The van der Waals surface area contributed by atoms with E-state index >= 15 is 0 Å². The van der Waals surface area contributed by atoms with Gasteiger partial charge in [-0.1, -0.05) is 13.3 Å². The number of hydrogen-bond acceptors (Lipinski definition) is 5. The van der Waals surface area contributed by atoms with E-state index in [2.05, 4.69) is 20.7 Å². The van der Waals surface area contributed by atoms with Crippen LogP contribution in [0.15, 0.2) is 24.3 Å². The smallest absolute Gasteiger partial charge is 0.410 e. The normalized spacial score (nSPS) is 17.6. The summed E-state index contributed by atoms with van der Waals surface area (Å²) >= 11 is 0. The van der Waals surface area contributed by atoms with Crippen molar-refractivity contribution >= 4 is 17.6 Å². The number of benzene rings is 1. The molecule has 0 heterocycles. The average molecular weight is 534 g/mol. The third-order valence-corrected chi connectivity index (χ3v) is 6.09. The second-order valence-corrected chi connectivity index (χ2v) is 9.80. The molecule has 2 aliphatic carbocycles. The van der Waals surface area contributed by atoms with Crippen LogP contribution in [-0.2, 0) is 14.4 Å². The summed E-state index contributed by atoms with van der Waals surface area (Å²) in [5.41, 5.74) is 0. The van der Waals surface area contributed by atoms with Gasteiger partial charge in [0.05, 0.1) is 12.1 Å². The fourth-order valence-corrected chi connectivity index (χ4v) is 3.81. The summed E-state index contributed by atoms with van der Waals surface area (Å²) in [7, 11) is 0. The number of nitrogens with one attached hydrogen (secondary N) is 3.